The first kappa shape index (κ1) is 12.3. The number of rotatable bonds is 3. The van der Waals surface area contributed by atoms with Crippen molar-refractivity contribution in [3.05, 3.63) is 46.4 Å². The van der Waals surface area contributed by atoms with Gasteiger partial charge in [0.2, 0.25) is 5.91 Å². The van der Waals surface area contributed by atoms with Crippen molar-refractivity contribution in [2.45, 2.75) is 19.0 Å². The van der Waals surface area contributed by atoms with Gasteiger partial charge in [0.05, 0.1) is 11.2 Å². The van der Waals surface area contributed by atoms with Crippen LogP contribution in [-0.4, -0.2) is 17.9 Å². The van der Waals surface area contributed by atoms with Crippen molar-refractivity contribution in [2.24, 2.45) is 0 Å². The summed E-state index contributed by atoms with van der Waals surface area (Å²) in [6.45, 7) is 0.694. The minimum Gasteiger partial charge on any atom is -0.315 e. The molecule has 0 saturated heterocycles. The van der Waals surface area contributed by atoms with Crippen LogP contribution in [0.3, 0.4) is 0 Å². The number of hydrogen-bond acceptors (Lipinski definition) is 4. The molecule has 4 nitrogen and oxygen atoms in total. The van der Waals surface area contributed by atoms with Crippen LogP contribution in [0.5, 0.6) is 0 Å². The van der Waals surface area contributed by atoms with Gasteiger partial charge in [-0.25, -0.2) is 4.98 Å². The van der Waals surface area contributed by atoms with Crippen molar-refractivity contribution in [3.8, 4) is 0 Å². The second kappa shape index (κ2) is 5.11. The molecule has 5 heteroatoms. The van der Waals surface area contributed by atoms with E-state index in [0.717, 1.165) is 11.4 Å². The molecule has 0 radical (unpaired) electrons. The molecule has 1 unspecified atom stereocenters. The summed E-state index contributed by atoms with van der Waals surface area (Å²) < 4.78 is 0. The van der Waals surface area contributed by atoms with Gasteiger partial charge in [-0.15, -0.1) is 11.3 Å². The highest BCUT2D eigenvalue weighted by Crippen LogP contribution is 2.33. The van der Waals surface area contributed by atoms with Crippen LogP contribution in [0.15, 0.2) is 35.2 Å². The molecule has 1 N–H and O–H groups in total. The zero-order valence-electron chi connectivity index (χ0n) is 10.7. The van der Waals surface area contributed by atoms with Gasteiger partial charge in [-0.2, -0.15) is 0 Å². The molecule has 0 bridgehead atoms. The van der Waals surface area contributed by atoms with Crippen LogP contribution in [0, 0.1) is 0 Å². The first-order chi connectivity index (χ1) is 9.25. The quantitative estimate of drug-likeness (QED) is 0.933. The Balaban J connectivity index is 1.82. The van der Waals surface area contributed by atoms with E-state index in [1.165, 1.54) is 5.56 Å². The summed E-state index contributed by atoms with van der Waals surface area (Å²) in [5.41, 5.74) is 5.02. The molecule has 1 aliphatic heterocycles. The highest BCUT2D eigenvalue weighted by atomic mass is 32.1. The first-order valence-electron chi connectivity index (χ1n) is 6.21. The molecule has 19 heavy (non-hydrogen) atoms. The molecule has 0 spiro atoms. The third kappa shape index (κ3) is 2.39. The Labute approximate surface area is 116 Å². The SMILES string of the molecule is CN1C(=O)CC(NCc2cscn2)c2ccccc21. The number of amides is 1. The summed E-state index contributed by atoms with van der Waals surface area (Å²) >= 11 is 1.59. The maximum Gasteiger partial charge on any atom is 0.228 e. The molecule has 1 amide bonds. The van der Waals surface area contributed by atoms with E-state index in [0.29, 0.717) is 13.0 Å². The minimum absolute atomic E-state index is 0.0709. The lowest BCUT2D eigenvalue weighted by molar-refractivity contribution is -0.119. The molecule has 0 saturated carbocycles. The number of benzene rings is 1. The molecule has 1 aliphatic rings. The normalized spacial score (nSPS) is 18.5. The van der Waals surface area contributed by atoms with Crippen LogP contribution in [0.2, 0.25) is 0 Å². The molecular formula is C14H15N3OS. The summed E-state index contributed by atoms with van der Waals surface area (Å²) in [5.74, 6) is 0.148. The summed E-state index contributed by atoms with van der Waals surface area (Å²) in [6.07, 6.45) is 0.498. The van der Waals surface area contributed by atoms with E-state index in [4.69, 9.17) is 0 Å². The Morgan fingerprint density at radius 3 is 3.11 bits per heavy atom. The monoisotopic (exact) mass is 273 g/mol. The van der Waals surface area contributed by atoms with Crippen molar-refractivity contribution in [1.29, 1.82) is 0 Å². The van der Waals surface area contributed by atoms with Gasteiger partial charge >= 0.3 is 0 Å². The van der Waals surface area contributed by atoms with Crippen LogP contribution in [0.25, 0.3) is 0 Å². The van der Waals surface area contributed by atoms with E-state index in [1.54, 1.807) is 16.2 Å². The van der Waals surface area contributed by atoms with E-state index < -0.39 is 0 Å². The summed E-state index contributed by atoms with van der Waals surface area (Å²) in [6, 6.07) is 8.12. The van der Waals surface area contributed by atoms with Gasteiger partial charge in [-0.3, -0.25) is 4.79 Å². The molecule has 1 atom stereocenters. The number of nitrogens with one attached hydrogen (secondary N) is 1. The number of hydrogen-bond donors (Lipinski definition) is 1. The lowest BCUT2D eigenvalue weighted by atomic mass is 9.96. The number of carbonyl (C=O) groups is 1. The Morgan fingerprint density at radius 2 is 2.32 bits per heavy atom. The minimum atomic E-state index is 0.0709. The van der Waals surface area contributed by atoms with Crippen LogP contribution >= 0.6 is 11.3 Å². The van der Waals surface area contributed by atoms with Crippen molar-refractivity contribution < 1.29 is 4.79 Å². The van der Waals surface area contributed by atoms with Gasteiger partial charge < -0.3 is 10.2 Å². The Hall–Kier alpha value is -1.72. The molecule has 2 heterocycles. The molecule has 3 rings (SSSR count). The lowest BCUT2D eigenvalue weighted by Crippen LogP contribution is -2.37. The van der Waals surface area contributed by atoms with Crippen molar-refractivity contribution in [2.75, 3.05) is 11.9 Å². The highest BCUT2D eigenvalue weighted by molar-refractivity contribution is 7.07. The number of thiazole rings is 1. The van der Waals surface area contributed by atoms with E-state index in [-0.39, 0.29) is 11.9 Å². The lowest BCUT2D eigenvalue weighted by Gasteiger charge is -2.32. The summed E-state index contributed by atoms with van der Waals surface area (Å²) in [5, 5.41) is 5.45. The third-order valence-electron chi connectivity index (χ3n) is 3.44. The largest absolute Gasteiger partial charge is 0.315 e. The third-order valence-corrected chi connectivity index (χ3v) is 4.07. The van der Waals surface area contributed by atoms with Gasteiger partial charge in [-0.1, -0.05) is 18.2 Å². The van der Waals surface area contributed by atoms with Gasteiger partial charge in [-0.05, 0) is 11.6 Å². The second-order valence-electron chi connectivity index (χ2n) is 4.63. The maximum absolute atomic E-state index is 12.0. The van der Waals surface area contributed by atoms with E-state index in [1.807, 2.05) is 36.1 Å². The van der Waals surface area contributed by atoms with Gasteiger partial charge in [0.1, 0.15) is 0 Å². The molecule has 98 valence electrons. The second-order valence-corrected chi connectivity index (χ2v) is 5.35. The van der Waals surface area contributed by atoms with Crippen LogP contribution in [0.1, 0.15) is 23.7 Å². The Bertz CT molecular complexity index is 582. The van der Waals surface area contributed by atoms with Gasteiger partial charge in [0.25, 0.3) is 0 Å². The fraction of sp³-hybridized carbons (Fsp3) is 0.286. The smallest absolute Gasteiger partial charge is 0.228 e. The topological polar surface area (TPSA) is 45.2 Å². The number of fused-ring (bicyclic) bond motifs is 1. The molecule has 1 aromatic heterocycles. The number of anilines is 1. The molecular weight excluding hydrogens is 258 g/mol. The van der Waals surface area contributed by atoms with Gasteiger partial charge in [0.15, 0.2) is 0 Å². The highest BCUT2D eigenvalue weighted by Gasteiger charge is 2.28. The zero-order valence-corrected chi connectivity index (χ0v) is 11.5. The van der Waals surface area contributed by atoms with Crippen LogP contribution in [-0.2, 0) is 11.3 Å². The van der Waals surface area contributed by atoms with E-state index >= 15 is 0 Å². The summed E-state index contributed by atoms with van der Waals surface area (Å²) in [7, 11) is 1.83. The molecule has 0 fully saturated rings. The predicted octanol–water partition coefficient (Wildman–Crippen LogP) is 2.34. The van der Waals surface area contributed by atoms with E-state index in [9.17, 15) is 4.79 Å². The molecule has 1 aromatic carbocycles. The fourth-order valence-corrected chi connectivity index (χ4v) is 2.94. The first-order valence-corrected chi connectivity index (χ1v) is 7.16. The number of carbonyl (C=O) groups excluding carboxylic acids is 1. The van der Waals surface area contributed by atoms with Gasteiger partial charge in [0, 0.05) is 37.1 Å². The number of para-hydroxylation sites is 1. The molecule has 2 aromatic rings. The zero-order chi connectivity index (χ0) is 13.2. The molecule has 0 aliphatic carbocycles. The Morgan fingerprint density at radius 1 is 1.47 bits per heavy atom. The average Bonchev–Trinajstić information content (AvgIpc) is 2.95. The summed E-state index contributed by atoms with van der Waals surface area (Å²) in [4.78, 5) is 18.0. The van der Waals surface area contributed by atoms with Crippen molar-refractivity contribution >= 4 is 22.9 Å². The average molecular weight is 273 g/mol. The predicted molar refractivity (Wildman–Crippen MR) is 76.2 cm³/mol. The van der Waals surface area contributed by atoms with Crippen LogP contribution in [0.4, 0.5) is 5.69 Å². The maximum atomic E-state index is 12.0. The van der Waals surface area contributed by atoms with Crippen molar-refractivity contribution in [3.63, 3.8) is 0 Å². The Kier molecular flexibility index (Phi) is 3.31. The van der Waals surface area contributed by atoms with E-state index in [2.05, 4.69) is 16.4 Å². The van der Waals surface area contributed by atoms with Crippen LogP contribution < -0.4 is 10.2 Å². The van der Waals surface area contributed by atoms with Crippen molar-refractivity contribution in [1.82, 2.24) is 10.3 Å². The fourth-order valence-electron chi connectivity index (χ4n) is 2.38. The number of aromatic nitrogens is 1. The number of nitrogens with zero attached hydrogens (tertiary/aromatic N) is 2. The standard InChI is InChI=1S/C14H15N3OS/c1-17-13-5-3-2-4-11(13)12(6-14(17)18)15-7-10-8-19-9-16-10/h2-5,8-9,12,15H,6-7H2,1H3.